The molecule has 0 saturated carbocycles. The molecule has 2 aromatic carbocycles. The fourth-order valence-corrected chi connectivity index (χ4v) is 2.91. The number of amides is 1. The molecule has 154 valence electrons. The summed E-state index contributed by atoms with van der Waals surface area (Å²) in [5.41, 5.74) is 3.89. The zero-order valence-corrected chi connectivity index (χ0v) is 16.6. The second-order valence-corrected chi connectivity index (χ2v) is 6.47. The molecule has 4 aromatic rings. The summed E-state index contributed by atoms with van der Waals surface area (Å²) in [6.07, 6.45) is 1.11. The van der Waals surface area contributed by atoms with E-state index in [9.17, 15) is 4.79 Å². The molecule has 4 rings (SSSR count). The number of aromatic nitrogens is 5. The van der Waals surface area contributed by atoms with Gasteiger partial charge in [0, 0.05) is 12.2 Å². The summed E-state index contributed by atoms with van der Waals surface area (Å²) >= 11 is 0. The fraction of sp³-hybridized carbons (Fsp3) is 0.143. The van der Waals surface area contributed by atoms with Crippen molar-refractivity contribution in [1.29, 1.82) is 5.26 Å². The Labute approximate surface area is 177 Å². The zero-order chi connectivity index (χ0) is 21.6. The third-order valence-corrected chi connectivity index (χ3v) is 4.31. The number of carbonyl (C=O) groups excluding carboxylic acids is 1. The van der Waals surface area contributed by atoms with E-state index >= 15 is 0 Å². The minimum Gasteiger partial charge on any atom is -0.450 e. The maximum atomic E-state index is 11.5. The number of hydrogen-bond donors (Lipinski definition) is 2. The molecule has 0 saturated heterocycles. The van der Waals surface area contributed by atoms with Gasteiger partial charge in [-0.3, -0.25) is 0 Å². The third-order valence-electron chi connectivity index (χ3n) is 4.31. The van der Waals surface area contributed by atoms with Crippen molar-refractivity contribution in [2.24, 2.45) is 0 Å². The number of anilines is 2. The summed E-state index contributed by atoms with van der Waals surface area (Å²) in [5.74, 6) is 0.353. The van der Waals surface area contributed by atoms with Gasteiger partial charge in [-0.25, -0.2) is 9.78 Å². The molecule has 0 radical (unpaired) electrons. The summed E-state index contributed by atoms with van der Waals surface area (Å²) in [7, 11) is 0. The highest BCUT2D eigenvalue weighted by Crippen LogP contribution is 2.19. The number of nitrogens with zero attached hydrogens (tertiary/aromatic N) is 6. The molecule has 10 nitrogen and oxygen atoms in total. The number of rotatable bonds is 6. The van der Waals surface area contributed by atoms with Gasteiger partial charge in [-0.05, 0) is 42.8 Å². The largest absolute Gasteiger partial charge is 0.450 e. The second kappa shape index (κ2) is 8.87. The first-order valence-electron chi connectivity index (χ1n) is 9.52. The monoisotopic (exact) mass is 414 g/mol. The number of benzene rings is 2. The van der Waals surface area contributed by atoms with Gasteiger partial charge in [0.2, 0.25) is 5.95 Å². The lowest BCUT2D eigenvalue weighted by molar-refractivity contribution is 0.151. The summed E-state index contributed by atoms with van der Waals surface area (Å²) in [6, 6.07) is 16.6. The number of carbonyl (C=O) groups is 1. The molecule has 0 spiro atoms. The van der Waals surface area contributed by atoms with Gasteiger partial charge < -0.3 is 15.4 Å². The molecular formula is C21H18N8O2. The summed E-state index contributed by atoms with van der Waals surface area (Å²) in [5, 5.41) is 23.2. The summed E-state index contributed by atoms with van der Waals surface area (Å²) < 4.78 is 6.48. The van der Waals surface area contributed by atoms with E-state index in [0.29, 0.717) is 41.5 Å². The van der Waals surface area contributed by atoms with Crippen molar-refractivity contribution in [3.8, 4) is 11.8 Å². The molecule has 0 aliphatic rings. The van der Waals surface area contributed by atoms with Crippen molar-refractivity contribution in [3.63, 3.8) is 0 Å². The molecule has 0 aliphatic heterocycles. The Hall–Kier alpha value is -4.52. The number of hydrogen-bond acceptors (Lipinski definition) is 8. The van der Waals surface area contributed by atoms with Crippen LogP contribution in [0.3, 0.4) is 0 Å². The van der Waals surface area contributed by atoms with Crippen LogP contribution in [0.1, 0.15) is 18.1 Å². The molecule has 31 heavy (non-hydrogen) atoms. The lowest BCUT2D eigenvalue weighted by Gasteiger charge is -2.08. The first-order valence-corrected chi connectivity index (χ1v) is 9.52. The van der Waals surface area contributed by atoms with Crippen molar-refractivity contribution in [2.45, 2.75) is 13.5 Å². The lowest BCUT2D eigenvalue weighted by atomic mass is 10.2. The minimum atomic E-state index is -0.469. The molecule has 2 aromatic heterocycles. The predicted molar refractivity (Wildman–Crippen MR) is 113 cm³/mol. The standard InChI is InChI=1S/C21H18N8O2/c1-2-31-21(30)24-12-15-6-4-8-17(10-15)29-19-18(27-28-29)13-23-20(26-19)25-16-7-3-5-14(9-16)11-22/h3-10,13H,2,12H2,1H3,(H,24,30)(H,23,25,26). The maximum Gasteiger partial charge on any atom is 0.407 e. The number of ether oxygens (including phenoxy) is 1. The molecule has 2 N–H and O–H groups in total. The first-order chi connectivity index (χ1) is 15.2. The molecule has 0 atom stereocenters. The van der Waals surface area contributed by atoms with Gasteiger partial charge in [-0.15, -0.1) is 5.10 Å². The topological polar surface area (TPSA) is 131 Å². The molecule has 0 fully saturated rings. The SMILES string of the molecule is CCOC(=O)NCc1cccc(-n2nnc3cnc(Nc4cccc(C#N)c4)nc32)c1. The smallest absolute Gasteiger partial charge is 0.407 e. The highest BCUT2D eigenvalue weighted by Gasteiger charge is 2.11. The van der Waals surface area contributed by atoms with Crippen LogP contribution in [-0.2, 0) is 11.3 Å². The minimum absolute atomic E-state index is 0.313. The Balaban J connectivity index is 1.60. The second-order valence-electron chi connectivity index (χ2n) is 6.47. The van der Waals surface area contributed by atoms with Crippen LogP contribution >= 0.6 is 0 Å². The highest BCUT2D eigenvalue weighted by molar-refractivity contribution is 5.73. The lowest BCUT2D eigenvalue weighted by Crippen LogP contribution is -2.23. The van der Waals surface area contributed by atoms with Crippen LogP contribution in [0.25, 0.3) is 16.9 Å². The van der Waals surface area contributed by atoms with Gasteiger partial charge in [0.25, 0.3) is 0 Å². The van der Waals surface area contributed by atoms with Crippen LogP contribution < -0.4 is 10.6 Å². The first kappa shape index (κ1) is 19.8. The van der Waals surface area contributed by atoms with Crippen LogP contribution in [-0.4, -0.2) is 37.7 Å². The van der Waals surface area contributed by atoms with Crippen molar-refractivity contribution >= 4 is 28.9 Å². The van der Waals surface area contributed by atoms with Crippen LogP contribution in [0.5, 0.6) is 0 Å². The van der Waals surface area contributed by atoms with Gasteiger partial charge in [-0.1, -0.05) is 23.4 Å². The normalized spacial score (nSPS) is 10.5. The van der Waals surface area contributed by atoms with Gasteiger partial charge in [0.1, 0.15) is 0 Å². The zero-order valence-electron chi connectivity index (χ0n) is 16.6. The average Bonchev–Trinajstić information content (AvgIpc) is 3.21. The van der Waals surface area contributed by atoms with Crippen LogP contribution in [0.2, 0.25) is 0 Å². The number of alkyl carbamates (subject to hydrolysis) is 1. The third kappa shape index (κ3) is 4.56. The van der Waals surface area contributed by atoms with E-state index in [2.05, 4.69) is 37.0 Å². The van der Waals surface area contributed by atoms with Gasteiger partial charge >= 0.3 is 6.09 Å². The van der Waals surface area contributed by atoms with Crippen molar-refractivity contribution in [1.82, 2.24) is 30.3 Å². The van der Waals surface area contributed by atoms with Crippen LogP contribution in [0, 0.1) is 11.3 Å². The molecule has 0 aliphatic carbocycles. The van der Waals surface area contributed by atoms with Crippen molar-refractivity contribution in [2.75, 3.05) is 11.9 Å². The van der Waals surface area contributed by atoms with Crippen LogP contribution in [0.15, 0.2) is 54.7 Å². The molecule has 2 heterocycles. The highest BCUT2D eigenvalue weighted by atomic mass is 16.5. The predicted octanol–water partition coefficient (Wildman–Crippen LogP) is 3.07. The van der Waals surface area contributed by atoms with Crippen LogP contribution in [0.4, 0.5) is 16.4 Å². The van der Waals surface area contributed by atoms with Crippen molar-refractivity contribution < 1.29 is 9.53 Å². The molecule has 0 unspecified atom stereocenters. The summed E-state index contributed by atoms with van der Waals surface area (Å²) in [4.78, 5) is 20.3. The van der Waals surface area contributed by atoms with E-state index in [4.69, 9.17) is 10.00 Å². The van der Waals surface area contributed by atoms with E-state index in [1.165, 1.54) is 0 Å². The van der Waals surface area contributed by atoms with E-state index in [0.717, 1.165) is 11.3 Å². The Bertz CT molecular complexity index is 1280. The number of nitriles is 1. The Morgan fingerprint density at radius 3 is 2.94 bits per heavy atom. The summed E-state index contributed by atoms with van der Waals surface area (Å²) in [6.45, 7) is 2.38. The quantitative estimate of drug-likeness (QED) is 0.492. The van der Waals surface area contributed by atoms with E-state index in [1.807, 2.05) is 30.3 Å². The van der Waals surface area contributed by atoms with Gasteiger partial charge in [-0.2, -0.15) is 14.9 Å². The molecular weight excluding hydrogens is 396 g/mol. The van der Waals surface area contributed by atoms with Gasteiger partial charge in [0.05, 0.1) is 30.1 Å². The Morgan fingerprint density at radius 2 is 2.10 bits per heavy atom. The molecule has 0 bridgehead atoms. The average molecular weight is 414 g/mol. The fourth-order valence-electron chi connectivity index (χ4n) is 2.91. The number of nitrogens with one attached hydrogen (secondary N) is 2. The molecule has 10 heteroatoms. The van der Waals surface area contributed by atoms with E-state index in [1.54, 1.807) is 36.0 Å². The Kier molecular flexibility index (Phi) is 5.66. The molecule has 1 amide bonds. The van der Waals surface area contributed by atoms with Crippen molar-refractivity contribution in [3.05, 3.63) is 65.9 Å². The van der Waals surface area contributed by atoms with E-state index < -0.39 is 6.09 Å². The van der Waals surface area contributed by atoms with E-state index in [-0.39, 0.29) is 0 Å². The maximum absolute atomic E-state index is 11.5. The Morgan fingerprint density at radius 1 is 1.23 bits per heavy atom. The number of fused-ring (bicyclic) bond motifs is 1. The van der Waals surface area contributed by atoms with Gasteiger partial charge in [0.15, 0.2) is 11.2 Å².